The number of para-hydroxylation sites is 1. The Balaban J connectivity index is 1.82. The first-order valence-corrected chi connectivity index (χ1v) is 6.82. The monoisotopic (exact) mass is 273 g/mol. The smallest absolute Gasteiger partial charge is 0.165 e. The molecule has 0 fully saturated rings. The van der Waals surface area contributed by atoms with E-state index in [4.69, 9.17) is 14.0 Å². The third-order valence-corrected chi connectivity index (χ3v) is 3.61. The van der Waals surface area contributed by atoms with Gasteiger partial charge in [0, 0.05) is 12.0 Å². The van der Waals surface area contributed by atoms with Crippen molar-refractivity contribution in [3.8, 4) is 11.5 Å². The first-order chi connectivity index (χ1) is 9.46. The highest BCUT2D eigenvalue weighted by Crippen LogP contribution is 2.42. The topological polar surface area (TPSA) is 44.5 Å². The van der Waals surface area contributed by atoms with Gasteiger partial charge in [0.25, 0.3) is 0 Å². The Morgan fingerprint density at radius 2 is 2.10 bits per heavy atom. The number of fused-ring (bicyclic) bond motifs is 1. The zero-order chi connectivity index (χ0) is 14.3. The maximum absolute atomic E-state index is 5.99. The van der Waals surface area contributed by atoms with E-state index in [0.29, 0.717) is 6.61 Å². The largest absolute Gasteiger partial charge is 0.485 e. The predicted octanol–water partition coefficient (Wildman–Crippen LogP) is 3.58. The van der Waals surface area contributed by atoms with E-state index in [9.17, 15) is 0 Å². The molecule has 1 aliphatic rings. The van der Waals surface area contributed by atoms with Gasteiger partial charge in [-0.05, 0) is 33.8 Å². The second-order valence-electron chi connectivity index (χ2n) is 5.87. The van der Waals surface area contributed by atoms with Crippen LogP contribution in [0.4, 0.5) is 0 Å². The molecule has 20 heavy (non-hydrogen) atoms. The Kier molecular flexibility index (Phi) is 2.96. The van der Waals surface area contributed by atoms with E-state index in [-0.39, 0.29) is 5.60 Å². The molecule has 0 saturated heterocycles. The lowest BCUT2D eigenvalue weighted by atomic mass is 10.0. The van der Waals surface area contributed by atoms with Gasteiger partial charge < -0.3 is 14.0 Å². The van der Waals surface area contributed by atoms with Crippen LogP contribution in [0.25, 0.3) is 0 Å². The summed E-state index contributed by atoms with van der Waals surface area (Å²) in [7, 11) is 0. The second-order valence-corrected chi connectivity index (χ2v) is 5.87. The van der Waals surface area contributed by atoms with Crippen molar-refractivity contribution >= 4 is 0 Å². The van der Waals surface area contributed by atoms with Crippen LogP contribution in [0, 0.1) is 13.8 Å². The molecule has 0 saturated carbocycles. The summed E-state index contributed by atoms with van der Waals surface area (Å²) in [6.07, 6.45) is 0.908. The Labute approximate surface area is 118 Å². The highest BCUT2D eigenvalue weighted by atomic mass is 16.5. The Bertz CT molecular complexity index is 624. The summed E-state index contributed by atoms with van der Waals surface area (Å²) in [5.41, 5.74) is 2.91. The summed E-state index contributed by atoms with van der Waals surface area (Å²) in [6.45, 7) is 8.44. The first-order valence-electron chi connectivity index (χ1n) is 6.82. The molecule has 0 radical (unpaired) electrons. The van der Waals surface area contributed by atoms with Crippen molar-refractivity contribution in [2.24, 2.45) is 0 Å². The lowest BCUT2D eigenvalue weighted by Gasteiger charge is -2.18. The number of aromatic nitrogens is 1. The van der Waals surface area contributed by atoms with Crippen molar-refractivity contribution in [3.05, 3.63) is 40.8 Å². The van der Waals surface area contributed by atoms with Crippen molar-refractivity contribution < 1.29 is 14.0 Å². The molecular formula is C16H19NO3. The fourth-order valence-electron chi connectivity index (χ4n) is 2.56. The molecule has 0 aliphatic carbocycles. The summed E-state index contributed by atoms with van der Waals surface area (Å²) >= 11 is 0. The molecule has 2 heterocycles. The molecule has 0 unspecified atom stereocenters. The van der Waals surface area contributed by atoms with Crippen molar-refractivity contribution in [2.75, 3.05) is 0 Å². The van der Waals surface area contributed by atoms with Gasteiger partial charge in [0.05, 0.1) is 11.3 Å². The zero-order valence-electron chi connectivity index (χ0n) is 12.3. The van der Waals surface area contributed by atoms with Gasteiger partial charge in [-0.25, -0.2) is 0 Å². The van der Waals surface area contributed by atoms with Gasteiger partial charge in [-0.15, -0.1) is 0 Å². The van der Waals surface area contributed by atoms with Crippen molar-refractivity contribution in [3.63, 3.8) is 0 Å². The number of ether oxygens (including phenoxy) is 2. The minimum absolute atomic E-state index is 0.162. The third-order valence-electron chi connectivity index (χ3n) is 3.61. The van der Waals surface area contributed by atoms with E-state index in [2.05, 4.69) is 25.1 Å². The number of hydrogen-bond acceptors (Lipinski definition) is 4. The fourth-order valence-corrected chi connectivity index (χ4v) is 2.56. The summed E-state index contributed by atoms with van der Waals surface area (Å²) in [5, 5.41) is 3.94. The average molecular weight is 273 g/mol. The Morgan fingerprint density at radius 3 is 2.80 bits per heavy atom. The Hall–Kier alpha value is -1.97. The Morgan fingerprint density at radius 1 is 1.30 bits per heavy atom. The summed E-state index contributed by atoms with van der Waals surface area (Å²) in [4.78, 5) is 0. The lowest BCUT2D eigenvalue weighted by molar-refractivity contribution is 0.131. The maximum Gasteiger partial charge on any atom is 0.165 e. The van der Waals surface area contributed by atoms with Crippen molar-refractivity contribution in [1.82, 2.24) is 5.16 Å². The number of rotatable bonds is 3. The molecular weight excluding hydrogens is 254 g/mol. The number of benzene rings is 1. The average Bonchev–Trinajstić information content (AvgIpc) is 2.86. The van der Waals surface area contributed by atoms with Crippen LogP contribution in [0.2, 0.25) is 0 Å². The maximum atomic E-state index is 5.99. The molecule has 0 amide bonds. The van der Waals surface area contributed by atoms with Gasteiger partial charge in [0.15, 0.2) is 11.5 Å². The normalized spacial score (nSPS) is 15.8. The van der Waals surface area contributed by atoms with Crippen molar-refractivity contribution in [1.29, 1.82) is 0 Å². The lowest BCUT2D eigenvalue weighted by Crippen LogP contribution is -2.24. The van der Waals surface area contributed by atoms with Crippen LogP contribution in [0.15, 0.2) is 22.7 Å². The van der Waals surface area contributed by atoms with Gasteiger partial charge in [-0.2, -0.15) is 0 Å². The molecule has 1 aromatic carbocycles. The van der Waals surface area contributed by atoms with E-state index in [1.165, 1.54) is 5.56 Å². The van der Waals surface area contributed by atoms with Crippen LogP contribution in [0.3, 0.4) is 0 Å². The van der Waals surface area contributed by atoms with Crippen LogP contribution in [0.5, 0.6) is 11.5 Å². The quantitative estimate of drug-likeness (QED) is 0.857. The van der Waals surface area contributed by atoms with Gasteiger partial charge in [0.2, 0.25) is 0 Å². The van der Waals surface area contributed by atoms with Crippen molar-refractivity contribution in [2.45, 2.75) is 46.3 Å². The number of nitrogens with zero attached hydrogens (tertiary/aromatic N) is 1. The molecule has 0 spiro atoms. The van der Waals surface area contributed by atoms with Crippen LogP contribution >= 0.6 is 0 Å². The van der Waals surface area contributed by atoms with Gasteiger partial charge in [-0.3, -0.25) is 0 Å². The van der Waals surface area contributed by atoms with Gasteiger partial charge in [0.1, 0.15) is 18.0 Å². The highest BCUT2D eigenvalue weighted by molar-refractivity contribution is 5.50. The summed E-state index contributed by atoms with van der Waals surface area (Å²) < 4.78 is 17.1. The molecule has 0 N–H and O–H groups in total. The minimum Gasteiger partial charge on any atom is -0.485 e. The molecule has 0 bridgehead atoms. The van der Waals surface area contributed by atoms with E-state index in [1.54, 1.807) is 0 Å². The molecule has 1 aliphatic heterocycles. The van der Waals surface area contributed by atoms with Crippen LogP contribution in [0.1, 0.15) is 36.4 Å². The van der Waals surface area contributed by atoms with E-state index in [1.807, 2.05) is 26.0 Å². The first kappa shape index (κ1) is 13.0. The molecule has 0 atom stereocenters. The molecule has 3 rings (SSSR count). The van der Waals surface area contributed by atoms with Crippen LogP contribution < -0.4 is 9.47 Å². The standard InChI is InChI=1S/C16H19NO3/c1-10-13(11(2)20-17-10)9-18-14-7-5-6-12-8-16(3,4)19-15(12)14/h5-7H,8-9H2,1-4H3. The molecule has 106 valence electrons. The number of aryl methyl sites for hydroxylation is 2. The van der Waals surface area contributed by atoms with Crippen LogP contribution in [-0.2, 0) is 13.0 Å². The SMILES string of the molecule is Cc1noc(C)c1COc1cccc2c1OC(C)(C)C2. The van der Waals surface area contributed by atoms with Crippen LogP contribution in [-0.4, -0.2) is 10.8 Å². The van der Waals surface area contributed by atoms with E-state index < -0.39 is 0 Å². The molecule has 4 nitrogen and oxygen atoms in total. The fraction of sp³-hybridized carbons (Fsp3) is 0.438. The summed E-state index contributed by atoms with van der Waals surface area (Å²) in [5.74, 6) is 2.45. The highest BCUT2D eigenvalue weighted by Gasteiger charge is 2.32. The minimum atomic E-state index is -0.162. The molecule has 1 aromatic heterocycles. The summed E-state index contributed by atoms with van der Waals surface area (Å²) in [6, 6.07) is 6.04. The second kappa shape index (κ2) is 4.54. The number of hydrogen-bond donors (Lipinski definition) is 0. The third kappa shape index (κ3) is 2.26. The van der Waals surface area contributed by atoms with Gasteiger partial charge >= 0.3 is 0 Å². The predicted molar refractivity (Wildman–Crippen MR) is 75.2 cm³/mol. The van der Waals surface area contributed by atoms with E-state index >= 15 is 0 Å². The van der Waals surface area contributed by atoms with Gasteiger partial charge in [-0.1, -0.05) is 17.3 Å². The molecule has 4 heteroatoms. The van der Waals surface area contributed by atoms with E-state index in [0.717, 1.165) is 34.9 Å². The zero-order valence-corrected chi connectivity index (χ0v) is 12.3. The molecule has 2 aromatic rings.